The van der Waals surface area contributed by atoms with Gasteiger partial charge >= 0.3 is 0 Å². The largest absolute Gasteiger partial charge is 0.345 e. The number of aromatic nitrogens is 1. The molecule has 0 bridgehead atoms. The minimum atomic E-state index is -3.54. The molecular weight excluding hydrogens is 456 g/mol. The number of hydrogen-bond acceptors (Lipinski definition) is 6. The van der Waals surface area contributed by atoms with E-state index >= 15 is 0 Å². The third-order valence-corrected chi connectivity index (χ3v) is 9.76. The van der Waals surface area contributed by atoms with E-state index in [1.54, 1.807) is 42.6 Å². The van der Waals surface area contributed by atoms with E-state index in [-0.39, 0.29) is 16.8 Å². The molecule has 9 heteroatoms. The zero-order valence-corrected chi connectivity index (χ0v) is 20.3. The Morgan fingerprint density at radius 2 is 1.67 bits per heavy atom. The summed E-state index contributed by atoms with van der Waals surface area (Å²) in [6, 6.07) is 14.6. The number of fused-ring (bicyclic) bond motifs is 1. The summed E-state index contributed by atoms with van der Waals surface area (Å²) < 4.78 is 28.6. The number of piperazine rings is 1. The topological polar surface area (TPSA) is 73.8 Å². The van der Waals surface area contributed by atoms with Crippen LogP contribution in [0.2, 0.25) is 0 Å². The maximum atomic E-state index is 13.0. The third kappa shape index (κ3) is 4.37. The number of sulfonamides is 1. The van der Waals surface area contributed by atoms with Crippen molar-refractivity contribution in [2.45, 2.75) is 36.6 Å². The summed E-state index contributed by atoms with van der Waals surface area (Å²) in [5.41, 5.74) is 1.52. The summed E-state index contributed by atoms with van der Waals surface area (Å²) in [4.78, 5) is 22.0. The van der Waals surface area contributed by atoms with Gasteiger partial charge in [0.25, 0.3) is 5.91 Å². The molecule has 1 saturated heterocycles. The van der Waals surface area contributed by atoms with Gasteiger partial charge in [-0.15, -0.1) is 0 Å². The van der Waals surface area contributed by atoms with Crippen molar-refractivity contribution in [3.05, 3.63) is 54.1 Å². The third-order valence-electron chi connectivity index (χ3n) is 6.74. The average Bonchev–Trinajstić information content (AvgIpc) is 3.53. The molecule has 2 fully saturated rings. The van der Waals surface area contributed by atoms with Gasteiger partial charge < -0.3 is 9.80 Å². The summed E-state index contributed by atoms with van der Waals surface area (Å²) in [7, 11) is -1.88. The van der Waals surface area contributed by atoms with Crippen molar-refractivity contribution in [3.8, 4) is 0 Å². The average molecular weight is 485 g/mol. The highest BCUT2D eigenvalue weighted by Crippen LogP contribution is 2.30. The summed E-state index contributed by atoms with van der Waals surface area (Å²) in [6.07, 6.45) is 3.97. The molecular formula is C24H28N4O3S2. The van der Waals surface area contributed by atoms with Crippen LogP contribution in [0.15, 0.2) is 53.4 Å². The zero-order valence-electron chi connectivity index (χ0n) is 18.7. The van der Waals surface area contributed by atoms with Crippen molar-refractivity contribution in [2.75, 3.05) is 38.1 Å². The lowest BCUT2D eigenvalue weighted by molar-refractivity contribution is 0.0746. The Morgan fingerprint density at radius 1 is 1.00 bits per heavy atom. The first-order valence-electron chi connectivity index (χ1n) is 11.4. The zero-order chi connectivity index (χ0) is 23.0. The van der Waals surface area contributed by atoms with Gasteiger partial charge in [-0.1, -0.05) is 36.3 Å². The van der Waals surface area contributed by atoms with Crippen molar-refractivity contribution < 1.29 is 13.2 Å². The van der Waals surface area contributed by atoms with Crippen LogP contribution >= 0.6 is 11.3 Å². The van der Waals surface area contributed by atoms with Gasteiger partial charge in [0, 0.05) is 44.8 Å². The van der Waals surface area contributed by atoms with Crippen molar-refractivity contribution in [3.63, 3.8) is 0 Å². The minimum Gasteiger partial charge on any atom is -0.345 e. The van der Waals surface area contributed by atoms with Crippen LogP contribution in [0.3, 0.4) is 0 Å². The molecule has 2 heterocycles. The van der Waals surface area contributed by atoms with Gasteiger partial charge in [0.05, 0.1) is 15.1 Å². The number of hydrogen-bond donors (Lipinski definition) is 0. The summed E-state index contributed by atoms with van der Waals surface area (Å²) >= 11 is 1.68. The first-order chi connectivity index (χ1) is 15.9. The fourth-order valence-corrected chi connectivity index (χ4v) is 7.11. The highest BCUT2D eigenvalue weighted by atomic mass is 32.2. The van der Waals surface area contributed by atoms with Crippen LogP contribution in [-0.2, 0) is 10.0 Å². The second-order valence-corrected chi connectivity index (χ2v) is 11.7. The molecule has 1 aromatic heterocycles. The predicted molar refractivity (Wildman–Crippen MR) is 131 cm³/mol. The predicted octanol–water partition coefficient (Wildman–Crippen LogP) is 3.82. The van der Waals surface area contributed by atoms with Crippen LogP contribution in [0.5, 0.6) is 0 Å². The van der Waals surface area contributed by atoms with E-state index in [2.05, 4.69) is 11.0 Å². The van der Waals surface area contributed by atoms with Gasteiger partial charge in [-0.3, -0.25) is 4.79 Å². The van der Waals surface area contributed by atoms with Crippen LogP contribution in [0, 0.1) is 0 Å². The van der Waals surface area contributed by atoms with Crippen LogP contribution in [0.4, 0.5) is 5.13 Å². The van der Waals surface area contributed by atoms with Gasteiger partial charge in [-0.05, 0) is 49.2 Å². The standard InChI is InChI=1S/C24H28N4O3S2/c1-26(19-6-2-3-7-19)33(30,31)20-12-10-18(11-13-20)23(29)27-14-16-28(17-15-27)24-25-21-8-4-5-9-22(21)32-24/h4-5,8-13,19H,2-3,6-7,14-17H2,1H3. The molecule has 0 spiro atoms. The molecule has 174 valence electrons. The fourth-order valence-electron chi connectivity index (χ4n) is 4.68. The summed E-state index contributed by atoms with van der Waals surface area (Å²) in [6.45, 7) is 2.67. The van der Waals surface area contributed by atoms with Crippen molar-refractivity contribution in [2.24, 2.45) is 0 Å². The Hall–Kier alpha value is -2.49. The Balaban J connectivity index is 1.23. The molecule has 5 rings (SSSR count). The second kappa shape index (κ2) is 9.04. The van der Waals surface area contributed by atoms with Crippen LogP contribution in [0.1, 0.15) is 36.0 Å². The van der Waals surface area contributed by atoms with Crippen molar-refractivity contribution >= 4 is 42.6 Å². The molecule has 3 aromatic rings. The molecule has 1 aliphatic heterocycles. The molecule has 2 aromatic carbocycles. The van der Waals surface area contributed by atoms with Crippen molar-refractivity contribution in [1.29, 1.82) is 0 Å². The number of benzene rings is 2. The maximum Gasteiger partial charge on any atom is 0.253 e. The summed E-state index contributed by atoms with van der Waals surface area (Å²) in [5, 5.41) is 0.990. The van der Waals surface area contributed by atoms with Crippen molar-refractivity contribution in [1.82, 2.24) is 14.2 Å². The van der Waals surface area contributed by atoms with Gasteiger partial charge in [-0.25, -0.2) is 13.4 Å². The number of rotatable bonds is 5. The monoisotopic (exact) mass is 484 g/mol. The molecule has 2 aliphatic rings. The lowest BCUT2D eigenvalue weighted by Crippen LogP contribution is -2.48. The van der Waals surface area contributed by atoms with E-state index in [4.69, 9.17) is 4.98 Å². The Morgan fingerprint density at radius 3 is 2.33 bits per heavy atom. The van der Waals surface area contributed by atoms with E-state index in [1.807, 2.05) is 23.1 Å². The van der Waals surface area contributed by atoms with E-state index in [0.29, 0.717) is 18.7 Å². The molecule has 1 amide bonds. The van der Waals surface area contributed by atoms with Gasteiger partial charge in [0.2, 0.25) is 10.0 Å². The maximum absolute atomic E-state index is 13.0. The smallest absolute Gasteiger partial charge is 0.253 e. The minimum absolute atomic E-state index is 0.0629. The molecule has 0 radical (unpaired) electrons. The van der Waals surface area contributed by atoms with Gasteiger partial charge in [0.1, 0.15) is 0 Å². The number of para-hydroxylation sites is 1. The normalized spacial score (nSPS) is 17.9. The second-order valence-electron chi connectivity index (χ2n) is 8.73. The first kappa shape index (κ1) is 22.3. The van der Waals surface area contributed by atoms with E-state index < -0.39 is 10.0 Å². The lowest BCUT2D eigenvalue weighted by atomic mass is 10.2. The van der Waals surface area contributed by atoms with Crippen LogP contribution < -0.4 is 4.90 Å². The van der Waals surface area contributed by atoms with E-state index in [0.717, 1.165) is 49.4 Å². The van der Waals surface area contributed by atoms with E-state index in [9.17, 15) is 13.2 Å². The Labute approximate surface area is 198 Å². The number of anilines is 1. The molecule has 0 unspecified atom stereocenters. The highest BCUT2D eigenvalue weighted by molar-refractivity contribution is 7.89. The van der Waals surface area contributed by atoms with Gasteiger partial charge in [0.15, 0.2) is 5.13 Å². The molecule has 1 saturated carbocycles. The number of nitrogens with zero attached hydrogens (tertiary/aromatic N) is 4. The molecule has 0 atom stereocenters. The number of carbonyl (C=O) groups is 1. The number of carbonyl (C=O) groups excluding carboxylic acids is 1. The lowest BCUT2D eigenvalue weighted by Gasteiger charge is -2.34. The summed E-state index contributed by atoms with van der Waals surface area (Å²) in [5.74, 6) is -0.0629. The highest BCUT2D eigenvalue weighted by Gasteiger charge is 2.30. The first-order valence-corrected chi connectivity index (χ1v) is 13.7. The fraction of sp³-hybridized carbons (Fsp3) is 0.417. The molecule has 0 N–H and O–H groups in total. The SMILES string of the molecule is CN(C1CCCC1)S(=O)(=O)c1ccc(C(=O)N2CCN(c3nc4ccccc4s3)CC2)cc1. The Kier molecular flexibility index (Phi) is 6.11. The van der Waals surface area contributed by atoms with E-state index in [1.165, 1.54) is 9.01 Å². The molecule has 7 nitrogen and oxygen atoms in total. The quantitative estimate of drug-likeness (QED) is 0.550. The molecule has 1 aliphatic carbocycles. The number of amides is 1. The number of thiazole rings is 1. The van der Waals surface area contributed by atoms with Crippen LogP contribution in [-0.4, -0.2) is 67.8 Å². The Bertz CT molecular complexity index is 1210. The van der Waals surface area contributed by atoms with Gasteiger partial charge in [-0.2, -0.15) is 4.31 Å². The molecule has 33 heavy (non-hydrogen) atoms. The van der Waals surface area contributed by atoms with Crippen LogP contribution in [0.25, 0.3) is 10.2 Å².